The van der Waals surface area contributed by atoms with E-state index in [4.69, 9.17) is 10.5 Å². The van der Waals surface area contributed by atoms with Crippen molar-refractivity contribution in [2.45, 2.75) is 38.1 Å². The molecule has 2 heterocycles. The van der Waals surface area contributed by atoms with Crippen LogP contribution in [0, 0.1) is 17.5 Å². The SMILES string of the molecule is N[C@@H](CC(=O)N1CCCCCN1C(=O)CN1CCOCC1)Cc1cc(F)c(F)cc1F. The first-order valence-electron chi connectivity index (χ1n) is 10.6. The van der Waals surface area contributed by atoms with E-state index in [9.17, 15) is 22.8 Å². The topological polar surface area (TPSA) is 79.1 Å². The van der Waals surface area contributed by atoms with Gasteiger partial charge in [0.15, 0.2) is 11.6 Å². The largest absolute Gasteiger partial charge is 0.379 e. The van der Waals surface area contributed by atoms with Gasteiger partial charge in [-0.25, -0.2) is 13.2 Å². The van der Waals surface area contributed by atoms with Crippen molar-refractivity contribution in [3.63, 3.8) is 0 Å². The summed E-state index contributed by atoms with van der Waals surface area (Å²) >= 11 is 0. The lowest BCUT2D eigenvalue weighted by atomic mass is 10.0. The van der Waals surface area contributed by atoms with Crippen molar-refractivity contribution in [1.29, 1.82) is 0 Å². The van der Waals surface area contributed by atoms with Gasteiger partial charge in [-0.2, -0.15) is 0 Å². The molecule has 0 saturated carbocycles. The molecule has 2 aliphatic heterocycles. The third-order valence-corrected chi connectivity index (χ3v) is 5.58. The fourth-order valence-corrected chi connectivity index (χ4v) is 3.90. The van der Waals surface area contributed by atoms with Crippen LogP contribution in [-0.4, -0.2) is 78.7 Å². The number of carbonyl (C=O) groups excluding carboxylic acids is 2. The Balaban J connectivity index is 1.62. The van der Waals surface area contributed by atoms with E-state index in [0.717, 1.165) is 25.3 Å². The Morgan fingerprint density at radius 3 is 2.19 bits per heavy atom. The minimum atomic E-state index is -1.27. The van der Waals surface area contributed by atoms with Gasteiger partial charge in [0.2, 0.25) is 5.91 Å². The lowest BCUT2D eigenvalue weighted by molar-refractivity contribution is -0.164. The molecule has 2 saturated heterocycles. The van der Waals surface area contributed by atoms with E-state index < -0.39 is 23.5 Å². The Hall–Kier alpha value is -2.17. The minimum Gasteiger partial charge on any atom is -0.379 e. The molecule has 2 aliphatic rings. The van der Waals surface area contributed by atoms with Crippen LogP contribution in [0.15, 0.2) is 12.1 Å². The van der Waals surface area contributed by atoms with Gasteiger partial charge >= 0.3 is 0 Å². The molecule has 2 amide bonds. The number of morpholine rings is 1. The maximum atomic E-state index is 13.9. The summed E-state index contributed by atoms with van der Waals surface area (Å²) in [5, 5.41) is 2.94. The van der Waals surface area contributed by atoms with Gasteiger partial charge < -0.3 is 10.5 Å². The zero-order valence-corrected chi connectivity index (χ0v) is 17.5. The van der Waals surface area contributed by atoms with Gasteiger partial charge in [0.1, 0.15) is 5.82 Å². The highest BCUT2D eigenvalue weighted by Crippen LogP contribution is 2.18. The monoisotopic (exact) mass is 442 g/mol. The number of ether oxygens (including phenoxy) is 1. The first-order valence-corrected chi connectivity index (χ1v) is 10.6. The Morgan fingerprint density at radius 2 is 1.52 bits per heavy atom. The van der Waals surface area contributed by atoms with E-state index in [1.54, 1.807) is 0 Å². The molecule has 0 unspecified atom stereocenters. The number of benzene rings is 1. The van der Waals surface area contributed by atoms with E-state index in [1.807, 2.05) is 4.90 Å². The molecule has 2 fully saturated rings. The fraction of sp³-hybridized carbons (Fsp3) is 0.619. The second kappa shape index (κ2) is 10.9. The lowest BCUT2D eigenvalue weighted by Gasteiger charge is -2.36. The quantitative estimate of drug-likeness (QED) is 0.675. The average molecular weight is 442 g/mol. The number of carbonyl (C=O) groups is 2. The van der Waals surface area contributed by atoms with Crippen LogP contribution in [0.4, 0.5) is 13.2 Å². The minimum absolute atomic E-state index is 0.0877. The van der Waals surface area contributed by atoms with Crippen molar-refractivity contribution in [1.82, 2.24) is 14.9 Å². The standard InChI is InChI=1S/C21H29F3N4O3/c22-17-13-19(24)18(23)11-15(17)10-16(25)12-20(29)27-4-2-1-3-5-28(27)21(30)14-26-6-8-31-9-7-26/h11,13,16H,1-10,12,14,25H2/t16-/m1/s1. The average Bonchev–Trinajstić information content (AvgIpc) is 2.99. The maximum absolute atomic E-state index is 13.9. The van der Waals surface area contributed by atoms with E-state index in [-0.39, 0.29) is 36.8 Å². The molecule has 172 valence electrons. The Labute approximate surface area is 179 Å². The molecule has 31 heavy (non-hydrogen) atoms. The number of amides is 2. The van der Waals surface area contributed by atoms with Gasteiger partial charge in [0, 0.05) is 44.7 Å². The lowest BCUT2D eigenvalue weighted by Crippen LogP contribution is -2.54. The summed E-state index contributed by atoms with van der Waals surface area (Å²) in [6, 6.07) is 0.436. The van der Waals surface area contributed by atoms with Gasteiger partial charge in [-0.05, 0) is 37.3 Å². The van der Waals surface area contributed by atoms with Crippen molar-refractivity contribution in [2.24, 2.45) is 5.73 Å². The molecule has 3 rings (SSSR count). The second-order valence-corrected chi connectivity index (χ2v) is 8.01. The highest BCUT2D eigenvalue weighted by Gasteiger charge is 2.30. The number of hydrogen-bond acceptors (Lipinski definition) is 5. The van der Waals surface area contributed by atoms with Crippen LogP contribution in [0.1, 0.15) is 31.2 Å². The van der Waals surface area contributed by atoms with Gasteiger partial charge in [-0.1, -0.05) is 0 Å². The number of hydrazine groups is 1. The number of halogens is 3. The zero-order chi connectivity index (χ0) is 22.4. The highest BCUT2D eigenvalue weighted by atomic mass is 19.2. The van der Waals surface area contributed by atoms with Crippen molar-refractivity contribution in [3.05, 3.63) is 35.1 Å². The Bertz CT molecular complexity index is 789. The summed E-state index contributed by atoms with van der Waals surface area (Å²) in [6.07, 6.45) is 2.20. The number of nitrogens with zero attached hydrogens (tertiary/aromatic N) is 3. The van der Waals surface area contributed by atoms with Crippen molar-refractivity contribution >= 4 is 11.8 Å². The molecule has 10 heteroatoms. The summed E-state index contributed by atoms with van der Waals surface area (Å²) in [5.74, 6) is -3.84. The molecule has 0 spiro atoms. The van der Waals surface area contributed by atoms with Crippen molar-refractivity contribution in [3.8, 4) is 0 Å². The maximum Gasteiger partial charge on any atom is 0.255 e. The predicted molar refractivity (Wildman–Crippen MR) is 107 cm³/mol. The molecule has 0 bridgehead atoms. The zero-order valence-electron chi connectivity index (χ0n) is 17.5. The molecular weight excluding hydrogens is 413 g/mol. The van der Waals surface area contributed by atoms with E-state index in [1.165, 1.54) is 10.0 Å². The number of rotatable bonds is 6. The molecule has 1 atom stereocenters. The predicted octanol–water partition coefficient (Wildman–Crippen LogP) is 1.45. The molecule has 7 nitrogen and oxygen atoms in total. The van der Waals surface area contributed by atoms with Gasteiger partial charge in [-0.15, -0.1) is 0 Å². The third-order valence-electron chi connectivity index (χ3n) is 5.58. The smallest absolute Gasteiger partial charge is 0.255 e. The molecule has 2 N–H and O–H groups in total. The van der Waals surface area contributed by atoms with Crippen LogP contribution in [0.25, 0.3) is 0 Å². The molecule has 1 aromatic carbocycles. The molecular formula is C21H29F3N4O3. The normalized spacial score (nSPS) is 19.2. The number of hydrogen-bond donors (Lipinski definition) is 1. The fourth-order valence-electron chi connectivity index (χ4n) is 3.90. The summed E-state index contributed by atoms with van der Waals surface area (Å²) < 4.78 is 45.8. The molecule has 0 radical (unpaired) electrons. The molecule has 0 aromatic heterocycles. The van der Waals surface area contributed by atoms with Crippen LogP contribution in [0.2, 0.25) is 0 Å². The molecule has 0 aliphatic carbocycles. The summed E-state index contributed by atoms with van der Waals surface area (Å²) in [5.41, 5.74) is 5.94. The molecule has 1 aromatic rings. The van der Waals surface area contributed by atoms with E-state index >= 15 is 0 Å². The van der Waals surface area contributed by atoms with E-state index in [2.05, 4.69) is 0 Å². The Kier molecular flexibility index (Phi) is 8.28. The highest BCUT2D eigenvalue weighted by molar-refractivity contribution is 5.83. The van der Waals surface area contributed by atoms with Gasteiger partial charge in [-0.3, -0.25) is 24.5 Å². The number of nitrogens with two attached hydrogens (primary N) is 1. The van der Waals surface area contributed by atoms with Gasteiger partial charge in [0.05, 0.1) is 19.8 Å². The van der Waals surface area contributed by atoms with Crippen LogP contribution in [-0.2, 0) is 20.7 Å². The van der Waals surface area contributed by atoms with Crippen LogP contribution >= 0.6 is 0 Å². The third kappa shape index (κ3) is 6.41. The summed E-state index contributed by atoms with van der Waals surface area (Å²) in [7, 11) is 0. The second-order valence-electron chi connectivity index (χ2n) is 8.01. The van der Waals surface area contributed by atoms with Gasteiger partial charge in [0.25, 0.3) is 5.91 Å². The first kappa shape index (κ1) is 23.5. The van der Waals surface area contributed by atoms with Crippen LogP contribution < -0.4 is 5.73 Å². The summed E-state index contributed by atoms with van der Waals surface area (Å²) in [6.45, 7) is 3.54. The van der Waals surface area contributed by atoms with Crippen molar-refractivity contribution < 1.29 is 27.5 Å². The Morgan fingerprint density at radius 1 is 0.903 bits per heavy atom. The van der Waals surface area contributed by atoms with E-state index in [0.29, 0.717) is 45.5 Å². The first-order chi connectivity index (χ1) is 14.8. The van der Waals surface area contributed by atoms with Crippen LogP contribution in [0.5, 0.6) is 0 Å². The summed E-state index contributed by atoms with van der Waals surface area (Å²) in [4.78, 5) is 27.9. The van der Waals surface area contributed by atoms with Crippen LogP contribution in [0.3, 0.4) is 0 Å². The van der Waals surface area contributed by atoms with Crippen molar-refractivity contribution in [2.75, 3.05) is 45.9 Å².